The van der Waals surface area contributed by atoms with Crippen LogP contribution >= 0.6 is 11.3 Å². The number of nitrogens with one attached hydrogen (secondary N) is 1. The lowest BCUT2D eigenvalue weighted by Crippen LogP contribution is -2.32. The average molecular weight is 386 g/mol. The van der Waals surface area contributed by atoms with Crippen molar-refractivity contribution in [2.75, 3.05) is 5.32 Å². The van der Waals surface area contributed by atoms with Crippen LogP contribution in [0.5, 0.6) is 0 Å². The lowest BCUT2D eigenvalue weighted by molar-refractivity contribution is -0.136. The first-order valence-electron chi connectivity index (χ1n) is 9.42. The van der Waals surface area contributed by atoms with Crippen LogP contribution in [0, 0.1) is 11.3 Å². The van der Waals surface area contributed by atoms with E-state index in [9.17, 15) is 10.1 Å². The van der Waals surface area contributed by atoms with Crippen molar-refractivity contribution in [3.63, 3.8) is 0 Å². The fourth-order valence-electron chi connectivity index (χ4n) is 3.13. The number of carboxylic acids is 1. The minimum atomic E-state index is -0.882. The van der Waals surface area contributed by atoms with Crippen molar-refractivity contribution in [3.05, 3.63) is 46.5 Å². The van der Waals surface area contributed by atoms with Crippen LogP contribution in [0.15, 0.2) is 29.6 Å². The molecule has 5 nitrogen and oxygen atoms in total. The Balaban J connectivity index is 2.19. The first-order valence-corrected chi connectivity index (χ1v) is 10.3. The number of carboxylic acid groups (broad SMARTS) is 1. The summed E-state index contributed by atoms with van der Waals surface area (Å²) in [6, 6.07) is 9.87. The van der Waals surface area contributed by atoms with Crippen LogP contribution in [0.1, 0.15) is 69.2 Å². The van der Waals surface area contributed by atoms with E-state index in [1.807, 2.05) is 18.2 Å². The molecule has 0 aliphatic rings. The first-order chi connectivity index (χ1) is 13.0. The predicted octanol–water partition coefficient (Wildman–Crippen LogP) is 5.33. The van der Waals surface area contributed by atoms with Crippen LogP contribution in [0.4, 0.5) is 5.13 Å². The molecular weight excluding hydrogens is 358 g/mol. The van der Waals surface area contributed by atoms with Crippen molar-refractivity contribution >= 4 is 22.4 Å². The fourth-order valence-corrected chi connectivity index (χ4v) is 3.97. The van der Waals surface area contributed by atoms with Crippen molar-refractivity contribution in [3.8, 4) is 6.07 Å². The van der Waals surface area contributed by atoms with E-state index in [4.69, 9.17) is 5.11 Å². The number of thiazole rings is 1. The van der Waals surface area contributed by atoms with Crippen molar-refractivity contribution in [1.82, 2.24) is 4.98 Å². The number of hydrogen-bond donors (Lipinski definition) is 2. The summed E-state index contributed by atoms with van der Waals surface area (Å²) in [5.41, 5.74) is 1.88. The molecule has 1 unspecified atom stereocenters. The Kier molecular flexibility index (Phi) is 7.81. The molecular formula is C21H27N3O2S. The van der Waals surface area contributed by atoms with Crippen molar-refractivity contribution in [2.24, 2.45) is 0 Å². The van der Waals surface area contributed by atoms with Crippen LogP contribution in [0.3, 0.4) is 0 Å². The lowest BCUT2D eigenvalue weighted by atomic mass is 9.85. The van der Waals surface area contributed by atoms with E-state index in [-0.39, 0.29) is 12.0 Å². The average Bonchev–Trinajstić information content (AvgIpc) is 3.07. The van der Waals surface area contributed by atoms with Crippen molar-refractivity contribution < 1.29 is 9.90 Å². The monoisotopic (exact) mass is 385 g/mol. The van der Waals surface area contributed by atoms with Gasteiger partial charge in [-0.15, -0.1) is 11.3 Å². The van der Waals surface area contributed by atoms with Crippen molar-refractivity contribution in [2.45, 2.75) is 64.3 Å². The highest BCUT2D eigenvalue weighted by Gasteiger charge is 2.27. The van der Waals surface area contributed by atoms with E-state index in [1.54, 1.807) is 11.4 Å². The summed E-state index contributed by atoms with van der Waals surface area (Å²) in [7, 11) is 0. The lowest BCUT2D eigenvalue weighted by Gasteiger charge is -2.32. The molecule has 2 aromatic rings. The molecule has 1 atom stereocenters. The Morgan fingerprint density at radius 3 is 2.81 bits per heavy atom. The quantitative estimate of drug-likeness (QED) is 0.511. The standard InChI is InChI=1S/C21H27N3O2S/c1-3-4-5-6-7-11-21(2,17-10-8-9-16(12-17)14-22)24-20-23-18(15-27-20)13-19(25)26/h8-10,12,15H,3-7,11,13H2,1-2H3,(H,23,24)(H,25,26). The van der Waals surface area contributed by atoms with Gasteiger partial charge in [-0.05, 0) is 31.0 Å². The molecule has 1 heterocycles. The zero-order valence-electron chi connectivity index (χ0n) is 16.0. The Morgan fingerprint density at radius 1 is 1.33 bits per heavy atom. The molecule has 0 bridgehead atoms. The Hall–Kier alpha value is -2.39. The Morgan fingerprint density at radius 2 is 2.11 bits per heavy atom. The third-order valence-electron chi connectivity index (χ3n) is 4.68. The van der Waals surface area contributed by atoms with Gasteiger partial charge in [0.15, 0.2) is 5.13 Å². The normalized spacial score (nSPS) is 12.9. The van der Waals surface area contributed by atoms with Gasteiger partial charge in [0.25, 0.3) is 0 Å². The maximum Gasteiger partial charge on any atom is 0.309 e. The summed E-state index contributed by atoms with van der Waals surface area (Å²) in [5.74, 6) is -0.882. The molecule has 0 fully saturated rings. The molecule has 0 aliphatic heterocycles. The van der Waals surface area contributed by atoms with Gasteiger partial charge >= 0.3 is 5.97 Å². The number of benzene rings is 1. The second-order valence-corrected chi connectivity index (χ2v) is 7.89. The number of carbonyl (C=O) groups is 1. The Labute approximate surface area is 165 Å². The number of nitrogens with zero attached hydrogens (tertiary/aromatic N) is 2. The number of hydrogen-bond acceptors (Lipinski definition) is 5. The summed E-state index contributed by atoms with van der Waals surface area (Å²) >= 11 is 1.42. The van der Waals surface area contributed by atoms with Crippen molar-refractivity contribution in [1.29, 1.82) is 5.26 Å². The van der Waals surface area contributed by atoms with Gasteiger partial charge in [-0.3, -0.25) is 4.79 Å². The van der Waals surface area contributed by atoms with E-state index < -0.39 is 5.97 Å². The van der Waals surface area contributed by atoms with E-state index >= 15 is 0 Å². The highest BCUT2D eigenvalue weighted by atomic mass is 32.1. The molecule has 0 aliphatic carbocycles. The molecule has 0 spiro atoms. The number of unbranched alkanes of at least 4 members (excludes halogenated alkanes) is 4. The number of rotatable bonds is 11. The topological polar surface area (TPSA) is 86.0 Å². The van der Waals surface area contributed by atoms with Crippen LogP contribution in [-0.4, -0.2) is 16.1 Å². The summed E-state index contributed by atoms with van der Waals surface area (Å²) < 4.78 is 0. The van der Waals surface area contributed by atoms with Gasteiger partial charge in [0.05, 0.1) is 29.3 Å². The molecule has 6 heteroatoms. The van der Waals surface area contributed by atoms with Crippen LogP contribution in [0.25, 0.3) is 0 Å². The molecule has 2 rings (SSSR count). The maximum atomic E-state index is 10.9. The van der Waals surface area contributed by atoms with Gasteiger partial charge in [-0.1, -0.05) is 51.2 Å². The zero-order chi connectivity index (χ0) is 19.7. The molecule has 0 radical (unpaired) electrons. The van der Waals surface area contributed by atoms with Gasteiger partial charge in [0.2, 0.25) is 0 Å². The number of aromatic nitrogens is 1. The molecule has 1 aromatic carbocycles. The minimum Gasteiger partial charge on any atom is -0.481 e. The van der Waals surface area contributed by atoms with Gasteiger partial charge in [-0.25, -0.2) is 4.98 Å². The second kappa shape index (κ2) is 10.1. The number of aliphatic carboxylic acids is 1. The summed E-state index contributed by atoms with van der Waals surface area (Å²) in [5, 5.41) is 24.2. The van der Waals surface area contributed by atoms with Gasteiger partial charge in [0, 0.05) is 5.38 Å². The molecule has 27 heavy (non-hydrogen) atoms. The van der Waals surface area contributed by atoms with E-state index in [1.165, 1.54) is 37.0 Å². The van der Waals surface area contributed by atoms with Gasteiger partial charge in [0.1, 0.15) is 0 Å². The Bertz CT molecular complexity index is 797. The molecule has 144 valence electrons. The summed E-state index contributed by atoms with van der Waals surface area (Å²) in [6.45, 7) is 4.33. The van der Waals surface area contributed by atoms with Gasteiger partial charge < -0.3 is 10.4 Å². The largest absolute Gasteiger partial charge is 0.481 e. The molecule has 0 saturated heterocycles. The third-order valence-corrected chi connectivity index (χ3v) is 5.48. The maximum absolute atomic E-state index is 10.9. The third kappa shape index (κ3) is 6.37. The fraction of sp³-hybridized carbons (Fsp3) is 0.476. The van der Waals surface area contributed by atoms with E-state index in [0.29, 0.717) is 16.4 Å². The molecule has 0 amide bonds. The van der Waals surface area contributed by atoms with E-state index in [0.717, 1.165) is 18.4 Å². The molecule has 0 saturated carbocycles. The van der Waals surface area contributed by atoms with Crippen LogP contribution in [0.2, 0.25) is 0 Å². The summed E-state index contributed by atoms with van der Waals surface area (Å²) in [6.07, 6.45) is 6.78. The zero-order valence-corrected chi connectivity index (χ0v) is 16.8. The second-order valence-electron chi connectivity index (χ2n) is 7.03. The number of anilines is 1. The molecule has 1 aromatic heterocycles. The van der Waals surface area contributed by atoms with E-state index in [2.05, 4.69) is 30.2 Å². The molecule has 2 N–H and O–H groups in total. The predicted molar refractivity (Wildman–Crippen MR) is 109 cm³/mol. The highest BCUT2D eigenvalue weighted by Crippen LogP contribution is 2.33. The SMILES string of the molecule is CCCCCCCC(C)(Nc1nc(CC(=O)O)cs1)c1cccc(C#N)c1. The minimum absolute atomic E-state index is 0.0736. The smallest absolute Gasteiger partial charge is 0.309 e. The number of nitriles is 1. The van der Waals surface area contributed by atoms with Crippen LogP contribution in [-0.2, 0) is 16.8 Å². The first kappa shape index (κ1) is 20.9. The summed E-state index contributed by atoms with van der Waals surface area (Å²) in [4.78, 5) is 15.3. The highest BCUT2D eigenvalue weighted by molar-refractivity contribution is 7.13. The van der Waals surface area contributed by atoms with Crippen LogP contribution < -0.4 is 5.32 Å². The van der Waals surface area contributed by atoms with Gasteiger partial charge in [-0.2, -0.15) is 5.26 Å².